The standard InChI is InChI=1S/C53H32/c1-2-13-33(14-3-1)38-22-12-17-36-30-47-43-27-26-37(52-40-19-7-5-16-35(40)29-46-39-18-6-4-15-34(39)25-28-44(46)52)31-50(43)53(51(47)32-45(36)38)48-23-10-8-20-41(48)42-21-9-11-24-49(42)53/h1-32H. The first-order valence-electron chi connectivity index (χ1n) is 18.6. The zero-order valence-corrected chi connectivity index (χ0v) is 29.0. The van der Waals surface area contributed by atoms with Gasteiger partial charge >= 0.3 is 0 Å². The molecule has 12 rings (SSSR count). The maximum Gasteiger partial charge on any atom is 0.0725 e. The Morgan fingerprint density at radius 2 is 0.849 bits per heavy atom. The van der Waals surface area contributed by atoms with Gasteiger partial charge in [-0.25, -0.2) is 0 Å². The van der Waals surface area contributed by atoms with Gasteiger partial charge in [-0.15, -0.1) is 0 Å². The van der Waals surface area contributed by atoms with Crippen LogP contribution in [0.3, 0.4) is 0 Å². The summed E-state index contributed by atoms with van der Waals surface area (Å²) in [5, 5.41) is 10.3. The van der Waals surface area contributed by atoms with Crippen LogP contribution in [0.1, 0.15) is 22.3 Å². The average molecular weight is 669 g/mol. The summed E-state index contributed by atoms with van der Waals surface area (Å²) in [7, 11) is 0. The van der Waals surface area contributed by atoms with Crippen molar-refractivity contribution in [2.24, 2.45) is 0 Å². The van der Waals surface area contributed by atoms with Crippen molar-refractivity contribution >= 4 is 43.1 Å². The Balaban J connectivity index is 1.22. The topological polar surface area (TPSA) is 0 Å². The molecule has 0 N–H and O–H groups in total. The van der Waals surface area contributed by atoms with E-state index in [4.69, 9.17) is 0 Å². The molecule has 0 fully saturated rings. The monoisotopic (exact) mass is 668 g/mol. The summed E-state index contributed by atoms with van der Waals surface area (Å²) >= 11 is 0. The molecule has 1 spiro atoms. The Hall–Kier alpha value is -6.76. The Morgan fingerprint density at radius 3 is 1.66 bits per heavy atom. The molecule has 2 aliphatic carbocycles. The third-order valence-corrected chi connectivity index (χ3v) is 12.2. The zero-order valence-electron chi connectivity index (χ0n) is 29.0. The third kappa shape index (κ3) is 3.80. The van der Waals surface area contributed by atoms with Crippen molar-refractivity contribution in [2.75, 3.05) is 0 Å². The second kappa shape index (κ2) is 10.6. The molecule has 244 valence electrons. The SMILES string of the molecule is c1ccc(-c2cccc3cc4c(cc23)C2(c3ccccc3-c3ccccc32)c2cc(-c3c5ccccc5cc5c3ccc3ccccc35)ccc2-4)cc1. The summed E-state index contributed by atoms with van der Waals surface area (Å²) in [6.45, 7) is 0. The quantitative estimate of drug-likeness (QED) is 0.127. The lowest BCUT2D eigenvalue weighted by Crippen LogP contribution is -2.26. The highest BCUT2D eigenvalue weighted by Crippen LogP contribution is 2.64. The second-order valence-electron chi connectivity index (χ2n) is 14.7. The van der Waals surface area contributed by atoms with Crippen molar-refractivity contribution in [1.29, 1.82) is 0 Å². The Bertz CT molecular complexity index is 3120. The van der Waals surface area contributed by atoms with Crippen LogP contribution in [0.2, 0.25) is 0 Å². The minimum absolute atomic E-state index is 0.459. The van der Waals surface area contributed by atoms with E-state index in [1.165, 1.54) is 110 Å². The first-order chi connectivity index (χ1) is 26.3. The van der Waals surface area contributed by atoms with Gasteiger partial charge in [0.1, 0.15) is 0 Å². The molecular weight excluding hydrogens is 637 g/mol. The Kier molecular flexibility index (Phi) is 5.80. The molecule has 0 amide bonds. The van der Waals surface area contributed by atoms with E-state index in [0.717, 1.165) is 0 Å². The van der Waals surface area contributed by atoms with Crippen LogP contribution < -0.4 is 0 Å². The highest BCUT2D eigenvalue weighted by molar-refractivity contribution is 6.20. The summed E-state index contributed by atoms with van der Waals surface area (Å²) in [5.41, 5.74) is 15.4. The van der Waals surface area contributed by atoms with E-state index < -0.39 is 5.41 Å². The third-order valence-electron chi connectivity index (χ3n) is 12.2. The minimum Gasteiger partial charge on any atom is -0.0622 e. The van der Waals surface area contributed by atoms with Crippen LogP contribution in [0.15, 0.2) is 194 Å². The van der Waals surface area contributed by atoms with Gasteiger partial charge < -0.3 is 0 Å². The molecular formula is C53H32. The molecule has 0 nitrogen and oxygen atoms in total. The van der Waals surface area contributed by atoms with E-state index in [2.05, 4.69) is 194 Å². The summed E-state index contributed by atoms with van der Waals surface area (Å²) in [6, 6.07) is 73.0. The lowest BCUT2D eigenvalue weighted by Gasteiger charge is -2.31. The van der Waals surface area contributed by atoms with Gasteiger partial charge in [-0.3, -0.25) is 0 Å². The highest BCUT2D eigenvalue weighted by Gasteiger charge is 2.51. The van der Waals surface area contributed by atoms with Crippen LogP contribution in [-0.4, -0.2) is 0 Å². The van der Waals surface area contributed by atoms with E-state index in [9.17, 15) is 0 Å². The maximum atomic E-state index is 2.55. The molecule has 10 aromatic rings. The van der Waals surface area contributed by atoms with Gasteiger partial charge in [0.15, 0.2) is 0 Å². The lowest BCUT2D eigenvalue weighted by atomic mass is 9.70. The van der Waals surface area contributed by atoms with Crippen molar-refractivity contribution in [3.8, 4) is 44.5 Å². The molecule has 0 unspecified atom stereocenters. The van der Waals surface area contributed by atoms with Crippen molar-refractivity contribution in [3.05, 3.63) is 216 Å². The fraction of sp³-hybridized carbons (Fsp3) is 0.0189. The molecule has 0 bridgehead atoms. The second-order valence-corrected chi connectivity index (χ2v) is 14.7. The Morgan fingerprint density at radius 1 is 0.245 bits per heavy atom. The van der Waals surface area contributed by atoms with Gasteiger partial charge in [0.2, 0.25) is 0 Å². The van der Waals surface area contributed by atoms with Gasteiger partial charge in [-0.2, -0.15) is 0 Å². The van der Waals surface area contributed by atoms with Crippen molar-refractivity contribution in [1.82, 2.24) is 0 Å². The largest absolute Gasteiger partial charge is 0.0725 e. The lowest BCUT2D eigenvalue weighted by molar-refractivity contribution is 0.795. The summed E-state index contributed by atoms with van der Waals surface area (Å²) < 4.78 is 0. The van der Waals surface area contributed by atoms with E-state index in [1.807, 2.05) is 0 Å². The van der Waals surface area contributed by atoms with Gasteiger partial charge in [-0.1, -0.05) is 170 Å². The molecule has 53 heavy (non-hydrogen) atoms. The summed E-state index contributed by atoms with van der Waals surface area (Å²) in [5.74, 6) is 0. The normalized spacial score (nSPS) is 13.4. The van der Waals surface area contributed by atoms with Crippen LogP contribution in [0.25, 0.3) is 87.6 Å². The average Bonchev–Trinajstić information content (AvgIpc) is 3.68. The molecule has 0 aliphatic heterocycles. The van der Waals surface area contributed by atoms with Gasteiger partial charge in [0.05, 0.1) is 5.41 Å². The molecule has 0 radical (unpaired) electrons. The van der Waals surface area contributed by atoms with Gasteiger partial charge in [-0.05, 0) is 134 Å². The van der Waals surface area contributed by atoms with E-state index in [0.29, 0.717) is 0 Å². The zero-order chi connectivity index (χ0) is 34.7. The molecule has 0 heteroatoms. The number of benzene rings is 10. The van der Waals surface area contributed by atoms with Crippen LogP contribution in [0.5, 0.6) is 0 Å². The maximum absolute atomic E-state index is 2.55. The van der Waals surface area contributed by atoms with Crippen LogP contribution in [0.4, 0.5) is 0 Å². The predicted octanol–water partition coefficient (Wildman–Crippen LogP) is 14.0. The van der Waals surface area contributed by atoms with Crippen molar-refractivity contribution < 1.29 is 0 Å². The van der Waals surface area contributed by atoms with E-state index >= 15 is 0 Å². The molecule has 2 aliphatic rings. The fourth-order valence-electron chi connectivity index (χ4n) is 10.1. The molecule has 0 atom stereocenters. The van der Waals surface area contributed by atoms with Crippen molar-refractivity contribution in [2.45, 2.75) is 5.41 Å². The first kappa shape index (κ1) is 28.9. The first-order valence-corrected chi connectivity index (χ1v) is 18.6. The number of hydrogen-bond donors (Lipinski definition) is 0. The minimum atomic E-state index is -0.459. The highest BCUT2D eigenvalue weighted by atomic mass is 14.5. The predicted molar refractivity (Wildman–Crippen MR) is 224 cm³/mol. The number of fused-ring (bicyclic) bond motifs is 15. The van der Waals surface area contributed by atoms with E-state index in [1.54, 1.807) is 0 Å². The van der Waals surface area contributed by atoms with Crippen LogP contribution in [-0.2, 0) is 5.41 Å². The van der Waals surface area contributed by atoms with Crippen LogP contribution >= 0.6 is 0 Å². The summed E-state index contributed by atoms with van der Waals surface area (Å²) in [4.78, 5) is 0. The molecule has 0 saturated heterocycles. The van der Waals surface area contributed by atoms with E-state index in [-0.39, 0.29) is 0 Å². The Labute approximate surface area is 308 Å². The number of hydrogen-bond acceptors (Lipinski definition) is 0. The van der Waals surface area contributed by atoms with Gasteiger partial charge in [0, 0.05) is 0 Å². The van der Waals surface area contributed by atoms with Gasteiger partial charge in [0.25, 0.3) is 0 Å². The fourth-order valence-corrected chi connectivity index (χ4v) is 10.1. The smallest absolute Gasteiger partial charge is 0.0622 e. The molecule has 10 aromatic carbocycles. The van der Waals surface area contributed by atoms with Crippen molar-refractivity contribution in [3.63, 3.8) is 0 Å². The summed E-state index contributed by atoms with van der Waals surface area (Å²) in [6.07, 6.45) is 0. The van der Waals surface area contributed by atoms with Crippen LogP contribution in [0, 0.1) is 0 Å². The molecule has 0 saturated carbocycles. The molecule has 0 aromatic heterocycles. The molecule has 0 heterocycles. The number of rotatable bonds is 2.